The van der Waals surface area contributed by atoms with Crippen molar-refractivity contribution in [3.8, 4) is 5.75 Å². The molecule has 0 saturated carbocycles. The van der Waals surface area contributed by atoms with Crippen LogP contribution < -0.4 is 10.1 Å². The highest BCUT2D eigenvalue weighted by atomic mass is 35.5. The Morgan fingerprint density at radius 1 is 1.04 bits per heavy atom. The number of carboxylic acids is 1. The lowest BCUT2D eigenvalue weighted by Gasteiger charge is -2.15. The largest absolute Gasteiger partial charge is 0.497 e. The van der Waals surface area contributed by atoms with Gasteiger partial charge in [0, 0.05) is 11.9 Å². The SMILES string of the molecule is CNC(=O)c1c(Cl)c(Cl)c(Sc2ccc(OC)cc2)c(Cl)c1C(=O)O. The summed E-state index contributed by atoms with van der Waals surface area (Å²) in [6.07, 6.45) is 0. The van der Waals surface area contributed by atoms with Crippen LogP contribution in [0.1, 0.15) is 20.7 Å². The monoisotopic (exact) mass is 419 g/mol. The Hall–Kier alpha value is -1.60. The summed E-state index contributed by atoms with van der Waals surface area (Å²) in [5, 5.41) is 11.5. The van der Waals surface area contributed by atoms with E-state index in [0.29, 0.717) is 5.75 Å². The summed E-state index contributed by atoms with van der Waals surface area (Å²) < 4.78 is 5.09. The Balaban J connectivity index is 2.62. The van der Waals surface area contributed by atoms with Crippen LogP contribution in [0.5, 0.6) is 5.75 Å². The second kappa shape index (κ2) is 8.19. The van der Waals surface area contributed by atoms with E-state index < -0.39 is 17.4 Å². The van der Waals surface area contributed by atoms with Crippen molar-refractivity contribution in [2.45, 2.75) is 9.79 Å². The van der Waals surface area contributed by atoms with Gasteiger partial charge in [-0.3, -0.25) is 4.79 Å². The Kier molecular flexibility index (Phi) is 6.46. The maximum atomic E-state index is 12.0. The molecule has 0 fully saturated rings. The Morgan fingerprint density at radius 2 is 1.64 bits per heavy atom. The highest BCUT2D eigenvalue weighted by Gasteiger charge is 2.29. The smallest absolute Gasteiger partial charge is 0.338 e. The number of halogens is 3. The molecule has 0 aliphatic rings. The molecule has 0 radical (unpaired) electrons. The third kappa shape index (κ3) is 3.98. The molecule has 0 aromatic heterocycles. The lowest BCUT2D eigenvalue weighted by molar-refractivity contribution is 0.0691. The van der Waals surface area contributed by atoms with Crippen molar-refractivity contribution in [2.24, 2.45) is 0 Å². The van der Waals surface area contributed by atoms with Crippen LogP contribution in [0.2, 0.25) is 15.1 Å². The van der Waals surface area contributed by atoms with E-state index >= 15 is 0 Å². The van der Waals surface area contributed by atoms with Gasteiger partial charge in [0.25, 0.3) is 5.91 Å². The first-order chi connectivity index (χ1) is 11.8. The third-order valence-corrected chi connectivity index (χ3v) is 5.80. The number of rotatable bonds is 5. The summed E-state index contributed by atoms with van der Waals surface area (Å²) in [7, 11) is 2.90. The highest BCUT2D eigenvalue weighted by Crippen LogP contribution is 2.46. The van der Waals surface area contributed by atoms with Gasteiger partial charge in [-0.25, -0.2) is 4.79 Å². The van der Waals surface area contributed by atoms with Gasteiger partial charge in [0.2, 0.25) is 0 Å². The molecule has 0 aliphatic heterocycles. The Labute approximate surface area is 163 Å². The zero-order valence-corrected chi connectivity index (χ0v) is 16.1. The lowest BCUT2D eigenvalue weighted by Crippen LogP contribution is -2.22. The molecule has 0 spiro atoms. The van der Waals surface area contributed by atoms with Crippen LogP contribution >= 0.6 is 46.6 Å². The normalized spacial score (nSPS) is 10.4. The molecule has 2 N–H and O–H groups in total. The second-order valence-corrected chi connectivity index (χ2v) is 6.90. The van der Waals surface area contributed by atoms with E-state index in [1.54, 1.807) is 31.4 Å². The van der Waals surface area contributed by atoms with Gasteiger partial charge in [-0.05, 0) is 24.3 Å². The zero-order chi connectivity index (χ0) is 18.7. The van der Waals surface area contributed by atoms with Crippen LogP contribution in [0.15, 0.2) is 34.1 Å². The molecular formula is C16H12Cl3NO4S. The predicted molar refractivity (Wildman–Crippen MR) is 98.9 cm³/mol. The van der Waals surface area contributed by atoms with E-state index in [2.05, 4.69) is 5.32 Å². The van der Waals surface area contributed by atoms with E-state index in [1.807, 2.05) is 0 Å². The van der Waals surface area contributed by atoms with Crippen molar-refractivity contribution in [1.29, 1.82) is 0 Å². The maximum Gasteiger partial charge on any atom is 0.338 e. The first-order valence-corrected chi connectivity index (χ1v) is 8.74. The molecule has 2 aromatic rings. The minimum atomic E-state index is -1.38. The van der Waals surface area contributed by atoms with Gasteiger partial charge < -0.3 is 15.2 Å². The lowest BCUT2D eigenvalue weighted by atomic mass is 10.1. The molecule has 0 aliphatic carbocycles. The molecule has 0 unspecified atom stereocenters. The van der Waals surface area contributed by atoms with Crippen LogP contribution in [0.3, 0.4) is 0 Å². The van der Waals surface area contributed by atoms with Gasteiger partial charge in [-0.15, -0.1) is 0 Å². The van der Waals surface area contributed by atoms with E-state index in [1.165, 1.54) is 7.05 Å². The minimum absolute atomic E-state index is 0.0103. The molecule has 5 nitrogen and oxygen atoms in total. The van der Waals surface area contributed by atoms with Gasteiger partial charge in [0.15, 0.2) is 0 Å². The van der Waals surface area contributed by atoms with Crippen LogP contribution in [0, 0.1) is 0 Å². The van der Waals surface area contributed by atoms with E-state index in [-0.39, 0.29) is 25.5 Å². The van der Waals surface area contributed by atoms with Crippen LogP contribution in [-0.2, 0) is 0 Å². The summed E-state index contributed by atoms with van der Waals surface area (Å²) in [4.78, 5) is 24.6. The quantitative estimate of drug-likeness (QED) is 0.675. The topological polar surface area (TPSA) is 75.6 Å². The number of aromatic carboxylic acids is 1. The number of benzene rings is 2. The number of hydrogen-bond acceptors (Lipinski definition) is 4. The van der Waals surface area contributed by atoms with E-state index in [4.69, 9.17) is 39.5 Å². The van der Waals surface area contributed by atoms with Crippen molar-refractivity contribution in [1.82, 2.24) is 5.32 Å². The number of carbonyl (C=O) groups is 2. The molecule has 2 aromatic carbocycles. The molecule has 0 heterocycles. The van der Waals surface area contributed by atoms with Gasteiger partial charge >= 0.3 is 5.97 Å². The highest BCUT2D eigenvalue weighted by molar-refractivity contribution is 7.99. The van der Waals surface area contributed by atoms with Crippen molar-refractivity contribution in [3.63, 3.8) is 0 Å². The molecule has 0 bridgehead atoms. The van der Waals surface area contributed by atoms with Crippen molar-refractivity contribution >= 4 is 58.4 Å². The molecular weight excluding hydrogens is 409 g/mol. The molecule has 2 rings (SSSR count). The number of hydrogen-bond donors (Lipinski definition) is 2. The molecule has 132 valence electrons. The maximum absolute atomic E-state index is 12.0. The fourth-order valence-electron chi connectivity index (χ4n) is 2.03. The first-order valence-electron chi connectivity index (χ1n) is 6.79. The summed E-state index contributed by atoms with van der Waals surface area (Å²) in [6, 6.07) is 7.00. The van der Waals surface area contributed by atoms with Crippen molar-refractivity contribution in [2.75, 3.05) is 14.2 Å². The summed E-state index contributed by atoms with van der Waals surface area (Å²) in [5.41, 5.74) is -0.669. The van der Waals surface area contributed by atoms with E-state index in [9.17, 15) is 14.7 Å². The number of carbonyl (C=O) groups excluding carboxylic acids is 1. The first kappa shape index (κ1) is 19.7. The Bertz CT molecular complexity index is 841. The van der Waals surface area contributed by atoms with Gasteiger partial charge in [0.1, 0.15) is 5.75 Å². The number of ether oxygens (including phenoxy) is 1. The summed E-state index contributed by atoms with van der Waals surface area (Å²) >= 11 is 19.8. The molecule has 0 saturated heterocycles. The standard InChI is InChI=1S/C16H12Cl3NO4S/c1-20-15(21)9-10(16(22)23)12(18)14(13(19)11(9)17)25-8-5-3-7(24-2)4-6-8/h3-6H,1-2H3,(H,20,21)(H,22,23). The Morgan fingerprint density at radius 3 is 2.12 bits per heavy atom. The minimum Gasteiger partial charge on any atom is -0.497 e. The average molecular weight is 421 g/mol. The average Bonchev–Trinajstić information content (AvgIpc) is 2.61. The fourth-order valence-corrected chi connectivity index (χ4v) is 3.99. The molecule has 25 heavy (non-hydrogen) atoms. The number of amides is 1. The fraction of sp³-hybridized carbons (Fsp3) is 0.125. The van der Waals surface area contributed by atoms with Crippen LogP contribution in [-0.4, -0.2) is 31.1 Å². The molecule has 9 heteroatoms. The summed E-state index contributed by atoms with van der Waals surface area (Å²) in [6.45, 7) is 0. The van der Waals surface area contributed by atoms with Gasteiger partial charge in [-0.1, -0.05) is 46.6 Å². The number of nitrogens with one attached hydrogen (secondary N) is 1. The van der Waals surface area contributed by atoms with Crippen LogP contribution in [0.4, 0.5) is 0 Å². The van der Waals surface area contributed by atoms with Gasteiger partial charge in [0.05, 0.1) is 38.2 Å². The third-order valence-electron chi connectivity index (χ3n) is 3.23. The number of methoxy groups -OCH3 is 1. The van der Waals surface area contributed by atoms with Crippen LogP contribution in [0.25, 0.3) is 0 Å². The number of carboxylic acid groups (broad SMARTS) is 1. The zero-order valence-electron chi connectivity index (χ0n) is 13.0. The van der Waals surface area contributed by atoms with E-state index in [0.717, 1.165) is 16.7 Å². The molecule has 0 atom stereocenters. The predicted octanol–water partition coefficient (Wildman–Crippen LogP) is 4.86. The molecule has 1 amide bonds. The second-order valence-electron chi connectivity index (χ2n) is 4.68. The van der Waals surface area contributed by atoms with Crippen molar-refractivity contribution in [3.05, 3.63) is 50.5 Å². The summed E-state index contributed by atoms with van der Waals surface area (Å²) in [5.74, 6) is -1.40. The van der Waals surface area contributed by atoms with Gasteiger partial charge in [-0.2, -0.15) is 0 Å². The van der Waals surface area contributed by atoms with Crippen molar-refractivity contribution < 1.29 is 19.4 Å².